The summed E-state index contributed by atoms with van der Waals surface area (Å²) in [5.74, 6) is 1.06. The van der Waals surface area contributed by atoms with Gasteiger partial charge >= 0.3 is 0 Å². The fourth-order valence-electron chi connectivity index (χ4n) is 1.73. The third-order valence-corrected chi connectivity index (χ3v) is 3.74. The smallest absolute Gasteiger partial charge is 0.260 e. The molecular weight excluding hydrogens is 282 g/mol. The molecule has 96 valence electrons. The van der Waals surface area contributed by atoms with Crippen molar-refractivity contribution in [2.75, 3.05) is 5.73 Å². The van der Waals surface area contributed by atoms with Gasteiger partial charge in [0, 0.05) is 22.0 Å². The Morgan fingerprint density at radius 1 is 1.32 bits per heavy atom. The van der Waals surface area contributed by atoms with Gasteiger partial charge in [-0.2, -0.15) is 4.98 Å². The maximum absolute atomic E-state index is 5.89. The molecule has 0 aliphatic rings. The summed E-state index contributed by atoms with van der Waals surface area (Å²) in [6.07, 6.45) is 0.661. The van der Waals surface area contributed by atoms with Gasteiger partial charge in [-0.25, -0.2) is 0 Å². The van der Waals surface area contributed by atoms with Crippen LogP contribution in [0.1, 0.15) is 10.7 Å². The van der Waals surface area contributed by atoms with Gasteiger partial charge in [-0.05, 0) is 29.6 Å². The van der Waals surface area contributed by atoms with Crippen molar-refractivity contribution in [1.82, 2.24) is 10.1 Å². The molecule has 0 saturated heterocycles. The minimum absolute atomic E-state index is 0.417. The lowest BCUT2D eigenvalue weighted by atomic mass is 10.2. The molecule has 0 saturated carbocycles. The molecule has 19 heavy (non-hydrogen) atoms. The minimum atomic E-state index is 0.417. The van der Waals surface area contributed by atoms with Crippen molar-refractivity contribution >= 4 is 28.6 Å². The predicted molar refractivity (Wildman–Crippen MR) is 76.3 cm³/mol. The van der Waals surface area contributed by atoms with E-state index >= 15 is 0 Å². The largest absolute Gasteiger partial charge is 0.398 e. The number of aromatic nitrogens is 2. The first-order chi connectivity index (χ1) is 9.22. The number of nitrogens with two attached hydrogens (primary N) is 1. The number of thiophene rings is 1. The van der Waals surface area contributed by atoms with E-state index < -0.39 is 0 Å². The second-order valence-corrected chi connectivity index (χ2v) is 5.47. The van der Waals surface area contributed by atoms with Gasteiger partial charge in [0.25, 0.3) is 5.89 Å². The van der Waals surface area contributed by atoms with Gasteiger partial charge in [0.2, 0.25) is 0 Å². The Balaban J connectivity index is 1.88. The van der Waals surface area contributed by atoms with Crippen LogP contribution in [-0.4, -0.2) is 10.1 Å². The number of rotatable bonds is 3. The van der Waals surface area contributed by atoms with Crippen LogP contribution in [0.5, 0.6) is 0 Å². The summed E-state index contributed by atoms with van der Waals surface area (Å²) in [6, 6.07) is 9.23. The lowest BCUT2D eigenvalue weighted by molar-refractivity contribution is 0.424. The summed E-state index contributed by atoms with van der Waals surface area (Å²) in [4.78, 5) is 5.54. The second-order valence-electron chi connectivity index (χ2n) is 4.00. The fraction of sp³-hybridized carbons (Fsp3) is 0.0769. The highest BCUT2D eigenvalue weighted by molar-refractivity contribution is 7.09. The summed E-state index contributed by atoms with van der Waals surface area (Å²) in [6.45, 7) is 0. The molecule has 3 rings (SSSR count). The molecule has 0 spiro atoms. The molecule has 0 radical (unpaired) electrons. The van der Waals surface area contributed by atoms with Crippen LogP contribution in [0.4, 0.5) is 5.69 Å². The Morgan fingerprint density at radius 3 is 2.95 bits per heavy atom. The average molecular weight is 292 g/mol. The Bertz CT molecular complexity index is 694. The van der Waals surface area contributed by atoms with Crippen molar-refractivity contribution in [2.45, 2.75) is 6.42 Å². The van der Waals surface area contributed by atoms with Gasteiger partial charge in [0.15, 0.2) is 5.82 Å². The highest BCUT2D eigenvalue weighted by Gasteiger charge is 2.12. The van der Waals surface area contributed by atoms with Gasteiger partial charge in [0.05, 0.1) is 5.56 Å². The molecule has 3 aromatic rings. The molecule has 0 aliphatic heterocycles. The quantitative estimate of drug-likeness (QED) is 0.749. The average Bonchev–Trinajstić information content (AvgIpc) is 3.01. The van der Waals surface area contributed by atoms with Crippen LogP contribution in [0.3, 0.4) is 0 Å². The first-order valence-corrected chi connectivity index (χ1v) is 6.88. The predicted octanol–water partition coefficient (Wildman–Crippen LogP) is 3.62. The normalized spacial score (nSPS) is 10.8. The maximum Gasteiger partial charge on any atom is 0.260 e. The van der Waals surface area contributed by atoms with Crippen LogP contribution >= 0.6 is 22.9 Å². The van der Waals surface area contributed by atoms with E-state index in [1.165, 1.54) is 4.88 Å². The monoisotopic (exact) mass is 291 g/mol. The molecule has 0 atom stereocenters. The van der Waals surface area contributed by atoms with Crippen LogP contribution in [0.2, 0.25) is 5.02 Å². The molecule has 0 fully saturated rings. The fourth-order valence-corrected chi connectivity index (χ4v) is 2.61. The molecule has 2 heterocycles. The molecule has 0 bridgehead atoms. The highest BCUT2D eigenvalue weighted by atomic mass is 35.5. The van der Waals surface area contributed by atoms with Crippen molar-refractivity contribution in [3.05, 3.63) is 51.4 Å². The summed E-state index contributed by atoms with van der Waals surface area (Å²) < 4.78 is 5.24. The molecule has 6 heteroatoms. The molecule has 2 N–H and O–H groups in total. The zero-order chi connectivity index (χ0) is 13.2. The second kappa shape index (κ2) is 5.03. The summed E-state index contributed by atoms with van der Waals surface area (Å²) >= 11 is 7.52. The summed E-state index contributed by atoms with van der Waals surface area (Å²) in [5.41, 5.74) is 7.12. The van der Waals surface area contributed by atoms with E-state index in [4.69, 9.17) is 21.9 Å². The lowest BCUT2D eigenvalue weighted by Gasteiger charge is -1.99. The molecule has 4 nitrogen and oxygen atoms in total. The van der Waals surface area contributed by atoms with E-state index in [0.29, 0.717) is 34.4 Å². The zero-order valence-corrected chi connectivity index (χ0v) is 11.4. The van der Waals surface area contributed by atoms with Gasteiger partial charge in [-0.3, -0.25) is 0 Å². The van der Waals surface area contributed by atoms with Crippen LogP contribution in [0.15, 0.2) is 40.2 Å². The first-order valence-electron chi connectivity index (χ1n) is 5.63. The topological polar surface area (TPSA) is 64.9 Å². The number of hydrogen-bond donors (Lipinski definition) is 1. The first kappa shape index (κ1) is 12.2. The van der Waals surface area contributed by atoms with Crippen LogP contribution in [0.25, 0.3) is 11.5 Å². The molecular formula is C13H10ClN3OS. The Hall–Kier alpha value is -1.85. The lowest BCUT2D eigenvalue weighted by Crippen LogP contribution is -1.91. The van der Waals surface area contributed by atoms with Crippen molar-refractivity contribution < 1.29 is 4.52 Å². The van der Waals surface area contributed by atoms with E-state index in [9.17, 15) is 0 Å². The SMILES string of the molecule is Nc1cc(Cl)ccc1-c1nc(Cc2cccs2)no1. The number of halogens is 1. The Morgan fingerprint density at radius 2 is 2.21 bits per heavy atom. The Labute approximate surface area is 118 Å². The number of anilines is 1. The van der Waals surface area contributed by atoms with E-state index in [1.807, 2.05) is 17.5 Å². The number of hydrogen-bond acceptors (Lipinski definition) is 5. The zero-order valence-electron chi connectivity index (χ0n) is 9.84. The Kier molecular flexibility index (Phi) is 3.23. The van der Waals surface area contributed by atoms with Gasteiger partial charge in [0.1, 0.15) is 0 Å². The molecule has 1 aromatic carbocycles. The van der Waals surface area contributed by atoms with Crippen LogP contribution in [0, 0.1) is 0 Å². The summed E-state index contributed by atoms with van der Waals surface area (Å²) in [5, 5.41) is 6.57. The summed E-state index contributed by atoms with van der Waals surface area (Å²) in [7, 11) is 0. The number of nitrogen functional groups attached to an aromatic ring is 1. The third-order valence-electron chi connectivity index (χ3n) is 2.62. The van der Waals surface area contributed by atoms with E-state index in [-0.39, 0.29) is 0 Å². The number of benzene rings is 1. The van der Waals surface area contributed by atoms with Crippen molar-refractivity contribution in [3.8, 4) is 11.5 Å². The van der Waals surface area contributed by atoms with Crippen LogP contribution in [-0.2, 0) is 6.42 Å². The van der Waals surface area contributed by atoms with Crippen molar-refractivity contribution in [2.24, 2.45) is 0 Å². The van der Waals surface area contributed by atoms with E-state index in [2.05, 4.69) is 10.1 Å². The molecule has 0 unspecified atom stereocenters. The van der Waals surface area contributed by atoms with Crippen molar-refractivity contribution in [3.63, 3.8) is 0 Å². The molecule has 0 aliphatic carbocycles. The number of nitrogens with zero attached hydrogens (tertiary/aromatic N) is 2. The van der Waals surface area contributed by atoms with Gasteiger partial charge < -0.3 is 10.3 Å². The molecule has 2 aromatic heterocycles. The molecule has 0 amide bonds. The van der Waals surface area contributed by atoms with E-state index in [0.717, 1.165) is 0 Å². The maximum atomic E-state index is 5.89. The van der Waals surface area contributed by atoms with Crippen molar-refractivity contribution in [1.29, 1.82) is 0 Å². The van der Waals surface area contributed by atoms with E-state index in [1.54, 1.807) is 29.5 Å². The standard InChI is InChI=1S/C13H10ClN3OS/c14-8-3-4-10(11(15)6-8)13-16-12(17-18-13)7-9-2-1-5-19-9/h1-6H,7,15H2. The van der Waals surface area contributed by atoms with Gasteiger partial charge in [-0.15, -0.1) is 11.3 Å². The van der Waals surface area contributed by atoms with Gasteiger partial charge in [-0.1, -0.05) is 22.8 Å². The highest BCUT2D eigenvalue weighted by Crippen LogP contribution is 2.27. The van der Waals surface area contributed by atoms with Crippen LogP contribution < -0.4 is 5.73 Å². The third kappa shape index (κ3) is 2.62. The minimum Gasteiger partial charge on any atom is -0.398 e.